The molecule has 0 aliphatic heterocycles. The van der Waals surface area contributed by atoms with Crippen LogP contribution < -0.4 is 10.1 Å². The van der Waals surface area contributed by atoms with Gasteiger partial charge in [-0.2, -0.15) is 0 Å². The van der Waals surface area contributed by atoms with Gasteiger partial charge >= 0.3 is 0 Å². The number of aromatic nitrogens is 1. The lowest BCUT2D eigenvalue weighted by Gasteiger charge is -2.20. The molecule has 1 N–H and O–H groups in total. The summed E-state index contributed by atoms with van der Waals surface area (Å²) in [7, 11) is 0. The number of rotatable bonds is 5. The quantitative estimate of drug-likeness (QED) is 0.906. The minimum absolute atomic E-state index is 0.112. The Bertz CT molecular complexity index is 503. The summed E-state index contributed by atoms with van der Waals surface area (Å²) in [5.74, 6) is 0.682. The van der Waals surface area contributed by atoms with Crippen molar-refractivity contribution in [3.8, 4) is 5.88 Å². The molecule has 102 valence electrons. The fourth-order valence-electron chi connectivity index (χ4n) is 1.55. The van der Waals surface area contributed by atoms with Gasteiger partial charge in [0, 0.05) is 29.2 Å². The summed E-state index contributed by atoms with van der Waals surface area (Å²) in [6.45, 7) is 7.87. The molecular formula is C15H20N2OS. The predicted octanol–water partition coefficient (Wildman–Crippen LogP) is 3.61. The molecular weight excluding hydrogens is 256 g/mol. The van der Waals surface area contributed by atoms with E-state index >= 15 is 0 Å². The minimum Gasteiger partial charge on any atom is -0.472 e. The molecule has 0 fully saturated rings. The minimum atomic E-state index is 0.112. The number of pyridine rings is 1. The van der Waals surface area contributed by atoms with Gasteiger partial charge in [-0.1, -0.05) is 6.07 Å². The molecule has 0 radical (unpaired) electrons. The van der Waals surface area contributed by atoms with Gasteiger partial charge in [-0.25, -0.2) is 4.98 Å². The average Bonchev–Trinajstić information content (AvgIpc) is 2.87. The Balaban J connectivity index is 1.91. The number of hydrogen-bond acceptors (Lipinski definition) is 4. The van der Waals surface area contributed by atoms with Gasteiger partial charge < -0.3 is 10.1 Å². The van der Waals surface area contributed by atoms with Crippen molar-refractivity contribution in [1.82, 2.24) is 10.3 Å². The summed E-state index contributed by atoms with van der Waals surface area (Å²) >= 11 is 1.69. The number of hydrogen-bond donors (Lipinski definition) is 1. The first-order chi connectivity index (χ1) is 9.03. The molecule has 0 aliphatic rings. The third kappa shape index (κ3) is 5.01. The Morgan fingerprint density at radius 1 is 1.32 bits per heavy atom. The van der Waals surface area contributed by atoms with E-state index in [2.05, 4.69) is 42.5 Å². The van der Waals surface area contributed by atoms with Crippen molar-refractivity contribution >= 4 is 11.3 Å². The first kappa shape index (κ1) is 14.0. The van der Waals surface area contributed by atoms with E-state index in [-0.39, 0.29) is 5.54 Å². The summed E-state index contributed by atoms with van der Waals surface area (Å²) in [6.07, 6.45) is 1.80. The fourth-order valence-corrected chi connectivity index (χ4v) is 2.16. The first-order valence-corrected chi connectivity index (χ1v) is 7.26. The van der Waals surface area contributed by atoms with E-state index in [1.165, 1.54) is 10.4 Å². The molecule has 2 aromatic rings. The fraction of sp³-hybridized carbons (Fsp3) is 0.400. The van der Waals surface area contributed by atoms with Gasteiger partial charge in [0.2, 0.25) is 5.88 Å². The number of nitrogens with one attached hydrogen (secondary N) is 1. The molecule has 19 heavy (non-hydrogen) atoms. The normalized spacial score (nSPS) is 11.5. The lowest BCUT2D eigenvalue weighted by Crippen LogP contribution is -2.35. The second-order valence-corrected chi connectivity index (χ2v) is 6.51. The van der Waals surface area contributed by atoms with E-state index in [0.29, 0.717) is 12.5 Å². The highest BCUT2D eigenvalue weighted by Gasteiger charge is 2.08. The summed E-state index contributed by atoms with van der Waals surface area (Å²) in [5.41, 5.74) is 1.30. The maximum atomic E-state index is 5.69. The molecule has 0 unspecified atom stereocenters. The third-order valence-corrected chi connectivity index (χ3v) is 3.41. The van der Waals surface area contributed by atoms with E-state index < -0.39 is 0 Å². The summed E-state index contributed by atoms with van der Waals surface area (Å²) in [5, 5.41) is 5.51. The van der Waals surface area contributed by atoms with Gasteiger partial charge in [0.1, 0.15) is 6.61 Å². The Labute approximate surface area is 118 Å². The van der Waals surface area contributed by atoms with Crippen molar-refractivity contribution in [3.63, 3.8) is 0 Å². The van der Waals surface area contributed by atoms with Crippen LogP contribution in [0.3, 0.4) is 0 Å². The van der Waals surface area contributed by atoms with Crippen LogP contribution in [0.2, 0.25) is 0 Å². The highest BCUT2D eigenvalue weighted by molar-refractivity contribution is 7.09. The average molecular weight is 276 g/mol. The Kier molecular flexibility index (Phi) is 4.56. The molecule has 4 heteroatoms. The molecule has 0 saturated heterocycles. The highest BCUT2D eigenvalue weighted by atomic mass is 32.1. The zero-order chi connectivity index (χ0) is 13.7. The van der Waals surface area contributed by atoms with Gasteiger partial charge in [0.05, 0.1) is 0 Å². The molecule has 0 bridgehead atoms. The van der Waals surface area contributed by atoms with Crippen molar-refractivity contribution in [2.24, 2.45) is 0 Å². The molecule has 3 nitrogen and oxygen atoms in total. The lowest BCUT2D eigenvalue weighted by molar-refractivity contribution is 0.296. The monoisotopic (exact) mass is 276 g/mol. The largest absolute Gasteiger partial charge is 0.472 e. The summed E-state index contributed by atoms with van der Waals surface area (Å²) in [6, 6.07) is 8.10. The maximum Gasteiger partial charge on any atom is 0.213 e. The van der Waals surface area contributed by atoms with Gasteiger partial charge in [0.15, 0.2) is 0 Å². The van der Waals surface area contributed by atoms with Crippen molar-refractivity contribution in [1.29, 1.82) is 0 Å². The molecule has 2 aromatic heterocycles. The smallest absolute Gasteiger partial charge is 0.213 e. The molecule has 0 atom stereocenters. The summed E-state index contributed by atoms with van der Waals surface area (Å²) in [4.78, 5) is 5.45. The highest BCUT2D eigenvalue weighted by Crippen LogP contribution is 2.15. The van der Waals surface area contributed by atoms with Crippen LogP contribution in [-0.2, 0) is 13.2 Å². The van der Waals surface area contributed by atoms with E-state index in [1.807, 2.05) is 18.2 Å². The molecule has 0 aromatic carbocycles. The van der Waals surface area contributed by atoms with Crippen LogP contribution in [0.1, 0.15) is 31.2 Å². The van der Waals surface area contributed by atoms with Crippen LogP contribution in [0, 0.1) is 0 Å². The molecule has 0 aliphatic carbocycles. The third-order valence-electron chi connectivity index (χ3n) is 2.56. The zero-order valence-corrected chi connectivity index (χ0v) is 12.5. The maximum absolute atomic E-state index is 5.69. The van der Waals surface area contributed by atoms with Crippen LogP contribution in [0.15, 0.2) is 35.8 Å². The Morgan fingerprint density at radius 2 is 2.16 bits per heavy atom. The first-order valence-electron chi connectivity index (χ1n) is 6.38. The molecule has 2 rings (SSSR count). The van der Waals surface area contributed by atoms with E-state index in [0.717, 1.165) is 6.54 Å². The van der Waals surface area contributed by atoms with Gasteiger partial charge in [0.25, 0.3) is 0 Å². The summed E-state index contributed by atoms with van der Waals surface area (Å²) < 4.78 is 5.69. The SMILES string of the molecule is CC(C)(C)NCc1ccnc(OCc2cccs2)c1. The zero-order valence-electron chi connectivity index (χ0n) is 11.6. The van der Waals surface area contributed by atoms with Crippen LogP contribution in [0.25, 0.3) is 0 Å². The standard InChI is InChI=1S/C15H20N2OS/c1-15(2,3)17-10-12-6-7-16-14(9-12)18-11-13-5-4-8-19-13/h4-9,17H,10-11H2,1-3H3. The van der Waals surface area contributed by atoms with Crippen molar-refractivity contribution < 1.29 is 4.74 Å². The second-order valence-electron chi connectivity index (χ2n) is 5.47. The van der Waals surface area contributed by atoms with Crippen LogP contribution in [0.5, 0.6) is 5.88 Å². The van der Waals surface area contributed by atoms with Gasteiger partial charge in [-0.05, 0) is 43.8 Å². The van der Waals surface area contributed by atoms with Gasteiger partial charge in [-0.15, -0.1) is 11.3 Å². The van der Waals surface area contributed by atoms with E-state index in [9.17, 15) is 0 Å². The lowest BCUT2D eigenvalue weighted by atomic mass is 10.1. The number of thiophene rings is 1. The van der Waals surface area contributed by atoms with Crippen molar-refractivity contribution in [2.75, 3.05) is 0 Å². The molecule has 0 saturated carbocycles. The van der Waals surface area contributed by atoms with Gasteiger partial charge in [-0.3, -0.25) is 0 Å². The molecule has 0 amide bonds. The predicted molar refractivity (Wildman–Crippen MR) is 79.5 cm³/mol. The van der Waals surface area contributed by atoms with Crippen molar-refractivity contribution in [2.45, 2.75) is 39.5 Å². The van der Waals surface area contributed by atoms with Crippen LogP contribution in [0.4, 0.5) is 0 Å². The van der Waals surface area contributed by atoms with Crippen molar-refractivity contribution in [3.05, 3.63) is 46.3 Å². The topological polar surface area (TPSA) is 34.2 Å². The second kappa shape index (κ2) is 6.17. The van der Waals surface area contributed by atoms with E-state index in [1.54, 1.807) is 17.5 Å². The molecule has 0 spiro atoms. The van der Waals surface area contributed by atoms with E-state index in [4.69, 9.17) is 4.74 Å². The number of ether oxygens (including phenoxy) is 1. The Hall–Kier alpha value is -1.39. The Morgan fingerprint density at radius 3 is 2.84 bits per heavy atom. The molecule has 2 heterocycles. The van der Waals surface area contributed by atoms with Crippen LogP contribution in [-0.4, -0.2) is 10.5 Å². The van der Waals surface area contributed by atoms with Crippen LogP contribution >= 0.6 is 11.3 Å². The number of nitrogens with zero attached hydrogens (tertiary/aromatic N) is 1.